The van der Waals surface area contributed by atoms with Gasteiger partial charge in [-0.1, -0.05) is 69.3 Å². The fraction of sp³-hybridized carbons (Fsp3) is 0.423. The number of hydrogen-bond donors (Lipinski definition) is 3. The van der Waals surface area contributed by atoms with E-state index < -0.39 is 41.6 Å². The zero-order valence-corrected chi connectivity index (χ0v) is 20.1. The molecule has 1 aliphatic carbocycles. The molecule has 2 aromatic carbocycles. The quantitative estimate of drug-likeness (QED) is 0.546. The summed E-state index contributed by atoms with van der Waals surface area (Å²) in [6, 6.07) is 13.7. The molecule has 0 saturated heterocycles. The van der Waals surface area contributed by atoms with Crippen molar-refractivity contribution in [2.24, 2.45) is 5.41 Å². The summed E-state index contributed by atoms with van der Waals surface area (Å²) in [6.45, 7) is 6.83. The van der Waals surface area contributed by atoms with Crippen molar-refractivity contribution in [2.75, 3.05) is 13.7 Å². The van der Waals surface area contributed by atoms with E-state index in [-0.39, 0.29) is 12.5 Å². The second kappa shape index (κ2) is 10.3. The van der Waals surface area contributed by atoms with Crippen molar-refractivity contribution in [3.8, 4) is 11.1 Å². The van der Waals surface area contributed by atoms with Crippen molar-refractivity contribution in [1.29, 1.82) is 0 Å². The van der Waals surface area contributed by atoms with Gasteiger partial charge in [0.05, 0.1) is 6.10 Å². The number of alkyl carbamates (subject to hydrolysis) is 1. The Balaban J connectivity index is 1.70. The lowest BCUT2D eigenvalue weighted by Gasteiger charge is -2.30. The van der Waals surface area contributed by atoms with E-state index in [2.05, 4.69) is 10.6 Å². The molecule has 2 aromatic rings. The predicted molar refractivity (Wildman–Crippen MR) is 127 cm³/mol. The van der Waals surface area contributed by atoms with E-state index in [4.69, 9.17) is 9.47 Å². The minimum absolute atomic E-state index is 0.0926. The zero-order valence-electron chi connectivity index (χ0n) is 20.1. The van der Waals surface area contributed by atoms with Gasteiger partial charge in [-0.2, -0.15) is 0 Å². The number of carbonyl (C=O) groups excluding carboxylic acids is 2. The van der Waals surface area contributed by atoms with Crippen LogP contribution in [0, 0.1) is 5.41 Å². The molecular formula is C26H32N2O6. The average Bonchev–Trinajstić information content (AvgIpc) is 3.11. The number of nitrogens with one attached hydrogen (secondary N) is 2. The molecule has 3 rings (SSSR count). The molecule has 1 aliphatic rings. The van der Waals surface area contributed by atoms with Crippen LogP contribution in [0.4, 0.5) is 4.79 Å². The van der Waals surface area contributed by atoms with Crippen LogP contribution >= 0.6 is 0 Å². The van der Waals surface area contributed by atoms with Gasteiger partial charge in [0.15, 0.2) is 0 Å². The third-order valence-corrected chi connectivity index (χ3v) is 6.14. The number of benzene rings is 2. The van der Waals surface area contributed by atoms with E-state index in [1.807, 2.05) is 48.5 Å². The molecule has 0 fully saturated rings. The minimum atomic E-state index is -1.16. The van der Waals surface area contributed by atoms with Gasteiger partial charge in [-0.05, 0) is 34.6 Å². The Hall–Kier alpha value is -3.39. The molecule has 2 amide bonds. The van der Waals surface area contributed by atoms with Crippen LogP contribution in [0.15, 0.2) is 48.5 Å². The number of amides is 2. The first-order chi connectivity index (χ1) is 16.0. The minimum Gasteiger partial charge on any atom is -0.480 e. The van der Waals surface area contributed by atoms with Gasteiger partial charge in [0.25, 0.3) is 0 Å². The van der Waals surface area contributed by atoms with Gasteiger partial charge in [0.2, 0.25) is 5.91 Å². The molecule has 8 nitrogen and oxygen atoms in total. The van der Waals surface area contributed by atoms with Gasteiger partial charge in [0, 0.05) is 13.0 Å². The smallest absolute Gasteiger partial charge is 0.407 e. The van der Waals surface area contributed by atoms with Gasteiger partial charge < -0.3 is 25.2 Å². The highest BCUT2D eigenvalue weighted by atomic mass is 16.5. The summed E-state index contributed by atoms with van der Waals surface area (Å²) in [5.41, 5.74) is 3.64. The van der Waals surface area contributed by atoms with Crippen LogP contribution in [0.2, 0.25) is 0 Å². The van der Waals surface area contributed by atoms with Gasteiger partial charge in [0.1, 0.15) is 18.7 Å². The summed E-state index contributed by atoms with van der Waals surface area (Å²) in [4.78, 5) is 37.3. The molecule has 0 saturated carbocycles. The Bertz CT molecular complexity index is 1020. The van der Waals surface area contributed by atoms with Crippen LogP contribution in [0.5, 0.6) is 0 Å². The summed E-state index contributed by atoms with van der Waals surface area (Å²) in [5.74, 6) is -1.95. The second-order valence-electron chi connectivity index (χ2n) is 9.53. The third kappa shape index (κ3) is 5.39. The average molecular weight is 469 g/mol. The van der Waals surface area contributed by atoms with Crippen molar-refractivity contribution in [1.82, 2.24) is 10.6 Å². The van der Waals surface area contributed by atoms with Gasteiger partial charge in [-0.3, -0.25) is 4.79 Å². The maximum absolute atomic E-state index is 12.9. The van der Waals surface area contributed by atoms with E-state index in [1.54, 1.807) is 27.7 Å². The SMILES string of the molecule is CO[C@H](C)[C@H](NC(=O)OCC1c2ccccc2-c2ccccc21)C(=O)NC(C(=O)O)C(C)(C)C. The number of carboxylic acid groups (broad SMARTS) is 1. The number of fused-ring (bicyclic) bond motifs is 3. The van der Waals surface area contributed by atoms with Crippen molar-refractivity contribution in [3.05, 3.63) is 59.7 Å². The second-order valence-corrected chi connectivity index (χ2v) is 9.53. The number of aliphatic carboxylic acids is 1. The zero-order chi connectivity index (χ0) is 25.0. The summed E-state index contributed by atoms with van der Waals surface area (Å²) in [7, 11) is 1.41. The molecule has 0 radical (unpaired) electrons. The lowest BCUT2D eigenvalue weighted by molar-refractivity contribution is -0.145. The molecule has 1 unspecified atom stereocenters. The first-order valence-electron chi connectivity index (χ1n) is 11.2. The Morgan fingerprint density at radius 1 is 0.971 bits per heavy atom. The molecule has 0 aromatic heterocycles. The first kappa shape index (κ1) is 25.2. The van der Waals surface area contributed by atoms with Crippen LogP contribution in [0.25, 0.3) is 11.1 Å². The highest BCUT2D eigenvalue weighted by molar-refractivity contribution is 5.90. The number of rotatable bonds is 8. The molecule has 182 valence electrons. The molecule has 3 atom stereocenters. The number of ether oxygens (including phenoxy) is 2. The normalized spacial score (nSPS) is 15.4. The van der Waals surface area contributed by atoms with Crippen molar-refractivity contribution in [3.63, 3.8) is 0 Å². The molecule has 0 heterocycles. The lowest BCUT2D eigenvalue weighted by atomic mass is 9.86. The Kier molecular flexibility index (Phi) is 7.61. The summed E-state index contributed by atoms with van der Waals surface area (Å²) >= 11 is 0. The van der Waals surface area contributed by atoms with Gasteiger partial charge in [-0.25, -0.2) is 9.59 Å². The summed E-state index contributed by atoms with van der Waals surface area (Å²) in [6.07, 6.45) is -1.50. The van der Waals surface area contributed by atoms with Crippen molar-refractivity contribution < 1.29 is 29.0 Å². The molecule has 0 aliphatic heterocycles. The molecule has 0 bridgehead atoms. The Morgan fingerprint density at radius 3 is 1.97 bits per heavy atom. The van der Waals surface area contributed by atoms with Crippen molar-refractivity contribution >= 4 is 18.0 Å². The molecule has 3 N–H and O–H groups in total. The monoisotopic (exact) mass is 468 g/mol. The summed E-state index contributed by atoms with van der Waals surface area (Å²) in [5, 5.41) is 14.6. The highest BCUT2D eigenvalue weighted by Gasteiger charge is 2.37. The van der Waals surface area contributed by atoms with E-state index in [1.165, 1.54) is 7.11 Å². The van der Waals surface area contributed by atoms with E-state index in [9.17, 15) is 19.5 Å². The fourth-order valence-electron chi connectivity index (χ4n) is 4.18. The standard InChI is InChI=1S/C26H32N2O6/c1-15(33-5)21(23(29)28-22(24(30)31)26(2,3)4)27-25(32)34-14-20-18-12-8-6-10-16(18)17-11-7-9-13-19(17)20/h6-13,15,20-22H,14H2,1-5H3,(H,27,32)(H,28,29)(H,30,31)/t15-,21+,22?/m1/s1. The maximum Gasteiger partial charge on any atom is 0.407 e. The topological polar surface area (TPSA) is 114 Å². The number of hydrogen-bond acceptors (Lipinski definition) is 5. The maximum atomic E-state index is 12.9. The molecule has 8 heteroatoms. The van der Waals surface area contributed by atoms with Crippen LogP contribution < -0.4 is 10.6 Å². The molecular weight excluding hydrogens is 436 g/mol. The third-order valence-electron chi connectivity index (χ3n) is 6.14. The lowest BCUT2D eigenvalue weighted by Crippen LogP contribution is -2.58. The number of carboxylic acids is 1. The summed E-state index contributed by atoms with van der Waals surface area (Å²) < 4.78 is 10.8. The van der Waals surface area contributed by atoms with Gasteiger partial charge in [-0.15, -0.1) is 0 Å². The first-order valence-corrected chi connectivity index (χ1v) is 11.2. The molecule has 0 spiro atoms. The van der Waals surface area contributed by atoms with Crippen LogP contribution in [-0.4, -0.2) is 55.0 Å². The number of methoxy groups -OCH3 is 1. The predicted octanol–water partition coefficient (Wildman–Crippen LogP) is 3.54. The fourth-order valence-corrected chi connectivity index (χ4v) is 4.18. The van der Waals surface area contributed by atoms with E-state index in [0.29, 0.717) is 0 Å². The van der Waals surface area contributed by atoms with Crippen LogP contribution in [0.1, 0.15) is 44.7 Å². The largest absolute Gasteiger partial charge is 0.480 e. The van der Waals surface area contributed by atoms with Gasteiger partial charge >= 0.3 is 12.1 Å². The van der Waals surface area contributed by atoms with Crippen molar-refractivity contribution in [2.45, 2.75) is 51.8 Å². The van der Waals surface area contributed by atoms with Crippen LogP contribution in [-0.2, 0) is 19.1 Å². The Labute approximate surface area is 199 Å². The highest BCUT2D eigenvalue weighted by Crippen LogP contribution is 2.44. The van der Waals surface area contributed by atoms with E-state index in [0.717, 1.165) is 22.3 Å². The van der Waals surface area contributed by atoms with Crippen LogP contribution in [0.3, 0.4) is 0 Å². The van der Waals surface area contributed by atoms with E-state index >= 15 is 0 Å². The number of carbonyl (C=O) groups is 3. The molecule has 34 heavy (non-hydrogen) atoms. The Morgan fingerprint density at radius 2 is 1.50 bits per heavy atom.